The van der Waals surface area contributed by atoms with E-state index < -0.39 is 0 Å². The number of nitrogens with one attached hydrogen (secondary N) is 1. The van der Waals surface area contributed by atoms with Crippen molar-refractivity contribution in [2.24, 2.45) is 0 Å². The summed E-state index contributed by atoms with van der Waals surface area (Å²) < 4.78 is 0. The second-order valence-corrected chi connectivity index (χ2v) is 3.76. The number of rotatable bonds is 4. The van der Waals surface area contributed by atoms with E-state index >= 15 is 0 Å². The summed E-state index contributed by atoms with van der Waals surface area (Å²) in [6.07, 6.45) is 3.57. The Hall–Kier alpha value is -0.930. The van der Waals surface area contributed by atoms with Crippen LogP contribution in [0.3, 0.4) is 0 Å². The maximum atomic E-state index is 8.99. The third-order valence-corrected chi connectivity index (χ3v) is 1.89. The van der Waals surface area contributed by atoms with Crippen LogP contribution in [0, 0.1) is 0 Å². The van der Waals surface area contributed by atoms with Gasteiger partial charge in [0.15, 0.2) is 0 Å². The molecule has 2 N–H and O–H groups in total. The van der Waals surface area contributed by atoms with E-state index in [-0.39, 0.29) is 12.1 Å². The normalized spacial score (nSPS) is 11.6. The van der Waals surface area contributed by atoms with E-state index in [1.807, 2.05) is 32.2 Å². The van der Waals surface area contributed by atoms with E-state index in [4.69, 9.17) is 5.11 Å². The Balaban J connectivity index is 2.44. The minimum atomic E-state index is -0.226. The molecule has 1 aromatic heterocycles. The third-order valence-electron chi connectivity index (χ3n) is 1.89. The van der Waals surface area contributed by atoms with Gasteiger partial charge in [0.2, 0.25) is 0 Å². The van der Waals surface area contributed by atoms with Crippen molar-refractivity contribution in [2.45, 2.75) is 25.9 Å². The molecule has 1 rings (SSSR count). The highest BCUT2D eigenvalue weighted by Crippen LogP contribution is 2.02. The predicted octanol–water partition coefficient (Wildman–Crippen LogP) is 0.942. The fourth-order valence-electron chi connectivity index (χ4n) is 0.900. The van der Waals surface area contributed by atoms with Gasteiger partial charge in [-0.2, -0.15) is 0 Å². The third kappa shape index (κ3) is 3.53. The number of aromatic nitrogens is 1. The monoisotopic (exact) mass is 180 g/mol. The van der Waals surface area contributed by atoms with Gasteiger partial charge < -0.3 is 10.4 Å². The minimum Gasteiger partial charge on any atom is -0.394 e. The largest absolute Gasteiger partial charge is 0.394 e. The maximum Gasteiger partial charge on any atom is 0.0607 e. The number of hydrogen-bond donors (Lipinski definition) is 2. The molecule has 0 aliphatic rings. The van der Waals surface area contributed by atoms with Crippen molar-refractivity contribution < 1.29 is 5.11 Å². The summed E-state index contributed by atoms with van der Waals surface area (Å²) >= 11 is 0. The summed E-state index contributed by atoms with van der Waals surface area (Å²) in [7, 11) is 0. The van der Waals surface area contributed by atoms with Crippen molar-refractivity contribution >= 4 is 0 Å². The topological polar surface area (TPSA) is 45.1 Å². The zero-order chi connectivity index (χ0) is 9.73. The second kappa shape index (κ2) is 4.35. The highest BCUT2D eigenvalue weighted by Gasteiger charge is 2.14. The molecule has 0 saturated heterocycles. The first-order valence-electron chi connectivity index (χ1n) is 4.39. The van der Waals surface area contributed by atoms with Gasteiger partial charge in [0.1, 0.15) is 0 Å². The highest BCUT2D eigenvalue weighted by molar-refractivity contribution is 5.08. The van der Waals surface area contributed by atoms with Gasteiger partial charge in [0, 0.05) is 24.5 Å². The molecule has 0 amide bonds. The van der Waals surface area contributed by atoms with E-state index in [0.717, 1.165) is 12.1 Å². The Kier molecular flexibility index (Phi) is 3.39. The average molecular weight is 180 g/mol. The SMILES string of the molecule is CC(C)(CO)NCc1cccnc1. The second-order valence-electron chi connectivity index (χ2n) is 3.76. The van der Waals surface area contributed by atoms with E-state index in [0.29, 0.717) is 0 Å². The van der Waals surface area contributed by atoms with Crippen LogP contribution in [0.2, 0.25) is 0 Å². The van der Waals surface area contributed by atoms with Crippen molar-refractivity contribution in [3.8, 4) is 0 Å². The molecule has 13 heavy (non-hydrogen) atoms. The van der Waals surface area contributed by atoms with Gasteiger partial charge >= 0.3 is 0 Å². The predicted molar refractivity (Wildman–Crippen MR) is 52.2 cm³/mol. The molecule has 0 aromatic carbocycles. The summed E-state index contributed by atoms with van der Waals surface area (Å²) in [5.41, 5.74) is 0.902. The molecule has 0 unspecified atom stereocenters. The molecule has 0 aliphatic heterocycles. The van der Waals surface area contributed by atoms with Gasteiger partial charge in [-0.15, -0.1) is 0 Å². The maximum absolute atomic E-state index is 8.99. The van der Waals surface area contributed by atoms with Crippen molar-refractivity contribution in [3.05, 3.63) is 30.1 Å². The molecule has 72 valence electrons. The van der Waals surface area contributed by atoms with Gasteiger partial charge in [0.05, 0.1) is 6.61 Å². The lowest BCUT2D eigenvalue weighted by molar-refractivity contribution is 0.187. The molecular weight excluding hydrogens is 164 g/mol. The van der Waals surface area contributed by atoms with Crippen molar-refractivity contribution in [2.75, 3.05) is 6.61 Å². The Morgan fingerprint density at radius 2 is 2.31 bits per heavy atom. The van der Waals surface area contributed by atoms with Crippen molar-refractivity contribution in [1.82, 2.24) is 10.3 Å². The summed E-state index contributed by atoms with van der Waals surface area (Å²) in [4.78, 5) is 4.01. The molecule has 3 nitrogen and oxygen atoms in total. The Labute approximate surface area is 78.8 Å². The fourth-order valence-corrected chi connectivity index (χ4v) is 0.900. The van der Waals surface area contributed by atoms with E-state index in [2.05, 4.69) is 10.3 Å². The summed E-state index contributed by atoms with van der Waals surface area (Å²) in [6, 6.07) is 3.91. The lowest BCUT2D eigenvalue weighted by Crippen LogP contribution is -2.42. The van der Waals surface area contributed by atoms with Gasteiger partial charge in [0.25, 0.3) is 0 Å². The number of aliphatic hydroxyl groups is 1. The summed E-state index contributed by atoms with van der Waals surface area (Å²) in [6.45, 7) is 4.79. The van der Waals surface area contributed by atoms with Crippen LogP contribution in [-0.4, -0.2) is 22.2 Å². The quantitative estimate of drug-likeness (QED) is 0.725. The van der Waals surface area contributed by atoms with Crippen LogP contribution in [0.1, 0.15) is 19.4 Å². The molecule has 0 atom stereocenters. The molecule has 0 spiro atoms. The lowest BCUT2D eigenvalue weighted by atomic mass is 10.1. The first kappa shape index (κ1) is 10.2. The number of pyridine rings is 1. The molecule has 3 heteroatoms. The Morgan fingerprint density at radius 3 is 2.85 bits per heavy atom. The van der Waals surface area contributed by atoms with Crippen LogP contribution in [0.25, 0.3) is 0 Å². The van der Waals surface area contributed by atoms with Gasteiger partial charge in [-0.05, 0) is 25.5 Å². The molecule has 1 heterocycles. The molecular formula is C10H16N2O. The molecule has 0 fully saturated rings. The highest BCUT2D eigenvalue weighted by atomic mass is 16.3. The minimum absolute atomic E-state index is 0.132. The van der Waals surface area contributed by atoms with E-state index in [1.165, 1.54) is 0 Å². The smallest absolute Gasteiger partial charge is 0.0607 e. The Bertz CT molecular complexity index is 246. The number of nitrogens with zero attached hydrogens (tertiary/aromatic N) is 1. The first-order valence-corrected chi connectivity index (χ1v) is 4.39. The van der Waals surface area contributed by atoms with Crippen LogP contribution < -0.4 is 5.32 Å². The first-order chi connectivity index (χ1) is 6.14. The van der Waals surface area contributed by atoms with E-state index in [1.54, 1.807) is 6.20 Å². The molecule has 0 aliphatic carbocycles. The average Bonchev–Trinajstić information content (AvgIpc) is 2.17. The molecule has 0 saturated carbocycles. The fraction of sp³-hybridized carbons (Fsp3) is 0.500. The van der Waals surface area contributed by atoms with Crippen LogP contribution in [0.15, 0.2) is 24.5 Å². The molecule has 0 bridgehead atoms. The van der Waals surface area contributed by atoms with E-state index in [9.17, 15) is 0 Å². The zero-order valence-corrected chi connectivity index (χ0v) is 8.12. The zero-order valence-electron chi connectivity index (χ0n) is 8.12. The summed E-state index contributed by atoms with van der Waals surface area (Å²) in [5.74, 6) is 0. The van der Waals surface area contributed by atoms with Gasteiger partial charge in [-0.25, -0.2) is 0 Å². The Morgan fingerprint density at radius 1 is 1.54 bits per heavy atom. The van der Waals surface area contributed by atoms with Crippen LogP contribution in [0.5, 0.6) is 0 Å². The lowest BCUT2D eigenvalue weighted by Gasteiger charge is -2.23. The summed E-state index contributed by atoms with van der Waals surface area (Å²) in [5, 5.41) is 12.2. The number of hydrogen-bond acceptors (Lipinski definition) is 3. The molecule has 1 aromatic rings. The van der Waals surface area contributed by atoms with Crippen LogP contribution >= 0.6 is 0 Å². The standard InChI is InChI=1S/C10H16N2O/c1-10(2,8-13)12-7-9-4-3-5-11-6-9/h3-6,12-13H,7-8H2,1-2H3. The van der Waals surface area contributed by atoms with Crippen molar-refractivity contribution in [1.29, 1.82) is 0 Å². The van der Waals surface area contributed by atoms with Crippen molar-refractivity contribution in [3.63, 3.8) is 0 Å². The molecule has 0 radical (unpaired) electrons. The van der Waals surface area contributed by atoms with Gasteiger partial charge in [-0.3, -0.25) is 4.98 Å². The number of aliphatic hydroxyl groups excluding tert-OH is 1. The van der Waals surface area contributed by atoms with Crippen LogP contribution in [0.4, 0.5) is 0 Å². The van der Waals surface area contributed by atoms with Crippen LogP contribution in [-0.2, 0) is 6.54 Å². The van der Waals surface area contributed by atoms with Gasteiger partial charge in [-0.1, -0.05) is 6.07 Å².